The number of carbonyl (C=O) groups excluding carboxylic acids is 2. The van der Waals surface area contributed by atoms with Crippen molar-refractivity contribution in [1.82, 2.24) is 44.8 Å². The van der Waals surface area contributed by atoms with Gasteiger partial charge >= 0.3 is 17.1 Å². The van der Waals surface area contributed by atoms with E-state index in [1.807, 2.05) is 12.1 Å². The maximum atomic E-state index is 13.5. The molecule has 1 radical (unpaired) electrons. The van der Waals surface area contributed by atoms with Gasteiger partial charge in [-0.15, -0.1) is 0 Å². The van der Waals surface area contributed by atoms with E-state index >= 15 is 0 Å². The van der Waals surface area contributed by atoms with Gasteiger partial charge in [0, 0.05) is 41.5 Å². The quantitative estimate of drug-likeness (QED) is 0.203. The van der Waals surface area contributed by atoms with Crippen LogP contribution in [0.5, 0.6) is 0 Å². The minimum atomic E-state index is -0.108. The molecule has 9 unspecified atom stereocenters. The normalized spacial score (nSPS) is 32.7. The van der Waals surface area contributed by atoms with E-state index < -0.39 is 0 Å². The number of benzene rings is 1. The molecule has 0 spiro atoms. The van der Waals surface area contributed by atoms with Crippen molar-refractivity contribution in [2.24, 2.45) is 17.8 Å². The summed E-state index contributed by atoms with van der Waals surface area (Å²) in [4.78, 5) is 70.5. The van der Waals surface area contributed by atoms with E-state index in [2.05, 4.69) is 12.1 Å². The predicted molar refractivity (Wildman–Crippen MR) is 192 cm³/mol. The third-order valence-electron chi connectivity index (χ3n) is 14.1. The van der Waals surface area contributed by atoms with Crippen molar-refractivity contribution in [3.8, 4) is 0 Å². The Hall–Kier alpha value is -3.76. The van der Waals surface area contributed by atoms with E-state index in [-0.39, 0.29) is 82.1 Å². The van der Waals surface area contributed by atoms with Crippen LogP contribution in [0.4, 0.5) is 0 Å². The van der Waals surface area contributed by atoms with Gasteiger partial charge in [0.2, 0.25) is 11.8 Å². The van der Waals surface area contributed by atoms with Crippen LogP contribution in [0.2, 0.25) is 0 Å². The van der Waals surface area contributed by atoms with Gasteiger partial charge in [0.15, 0.2) is 0 Å². The second kappa shape index (κ2) is 13.2. The van der Waals surface area contributed by atoms with Crippen molar-refractivity contribution >= 4 is 33.9 Å². The second-order valence-electron chi connectivity index (χ2n) is 16.9. The van der Waals surface area contributed by atoms with Crippen LogP contribution in [0.15, 0.2) is 24.3 Å². The van der Waals surface area contributed by atoms with Crippen LogP contribution in [-0.2, 0) is 26.7 Å². The van der Waals surface area contributed by atoms with Crippen LogP contribution >= 0.6 is 0 Å². The van der Waals surface area contributed by atoms with Gasteiger partial charge in [-0.3, -0.25) is 24.5 Å². The monoisotopic (exact) mass is 758 g/mol. The van der Waals surface area contributed by atoms with E-state index in [0.717, 1.165) is 142 Å². The summed E-state index contributed by atoms with van der Waals surface area (Å²) in [5.74, 6) is 6.18. The molecule has 9 atom stereocenters. The average Bonchev–Trinajstić information content (AvgIpc) is 3.96. The minimum Gasteiger partial charge on any atom is -0.366 e. The van der Waals surface area contributed by atoms with Crippen LogP contribution < -0.4 is 9.97 Å². The molecule has 8 bridgehead atoms. The molecule has 4 aliphatic carbocycles. The van der Waals surface area contributed by atoms with Crippen molar-refractivity contribution in [2.45, 2.75) is 132 Å². The van der Waals surface area contributed by atoms with E-state index in [4.69, 9.17) is 39.9 Å². The molecule has 6 heterocycles. The standard InChI is InChI=1S/C41H45N9O2.Cu/c51-40-29-15-7-8-16-30(29)41(52)50(40)20-21-17-18-28-31(19-21)39-48-37-27-14-6-5-13-26(27)35(46-37)44-33-23-10-2-1-9-22(23)32(42-33)43-34-24-11-3-4-12-25(24)36(45-34)47-38(28)49-39;/h1-2,9-10,21,24-31H,3-8,11-20H2;/q-2;+2. The van der Waals surface area contributed by atoms with Crippen LogP contribution in [0.3, 0.4) is 0 Å². The molecule has 2 aromatic heterocycles. The number of carbonyl (C=O) groups is 2. The van der Waals surface area contributed by atoms with E-state index in [0.29, 0.717) is 17.8 Å². The molecule has 3 aromatic rings. The summed E-state index contributed by atoms with van der Waals surface area (Å²) < 4.78 is 0. The third-order valence-corrected chi connectivity index (χ3v) is 14.1. The Morgan fingerprint density at radius 2 is 0.962 bits per heavy atom. The molecule has 0 N–H and O–H groups in total. The van der Waals surface area contributed by atoms with E-state index in [1.165, 1.54) is 0 Å². The first-order chi connectivity index (χ1) is 25.6. The number of likely N-dealkylation sites (tertiary alicyclic amines) is 1. The Morgan fingerprint density at radius 1 is 0.509 bits per heavy atom. The van der Waals surface area contributed by atoms with Gasteiger partial charge in [0.05, 0.1) is 35.1 Å². The third kappa shape index (κ3) is 5.48. The summed E-state index contributed by atoms with van der Waals surface area (Å²) in [6.45, 7) is 0.509. The molecule has 1 saturated heterocycles. The van der Waals surface area contributed by atoms with Crippen LogP contribution in [0.25, 0.3) is 22.1 Å². The van der Waals surface area contributed by atoms with Crippen LogP contribution in [0.1, 0.15) is 167 Å². The molecule has 1 aromatic carbocycles. The predicted octanol–water partition coefficient (Wildman–Crippen LogP) is 6.75. The molecule has 4 saturated carbocycles. The smallest absolute Gasteiger partial charge is 0.366 e. The zero-order chi connectivity index (χ0) is 34.5. The zero-order valence-electron chi connectivity index (χ0n) is 30.0. The van der Waals surface area contributed by atoms with Gasteiger partial charge < -0.3 is 29.9 Å². The SMILES string of the molecule is O=C1C2CCCCC2C(=O)N1CC1CCC2c3nc4nc(nc5[n-]c(nc6nc(nc([n-]3)C2C1)C1CCCCC61)c1ccccc51)C1CCCCC41.[Cu+2]. The maximum absolute atomic E-state index is 13.5. The van der Waals surface area contributed by atoms with Crippen molar-refractivity contribution in [2.75, 3.05) is 6.54 Å². The Kier molecular flexibility index (Phi) is 8.43. The van der Waals surface area contributed by atoms with Crippen LogP contribution in [-0.4, -0.2) is 53.2 Å². The molecule has 8 aliphatic rings. The largest absolute Gasteiger partial charge is 2.00 e. The molecule has 11 rings (SSSR count). The zero-order valence-corrected chi connectivity index (χ0v) is 30.9. The fourth-order valence-electron chi connectivity index (χ4n) is 11.4. The summed E-state index contributed by atoms with van der Waals surface area (Å²) in [5, 5.41) is 1.98. The molecule has 2 amide bonds. The minimum absolute atomic E-state index is 0. The fraction of sp³-hybridized carbons (Fsp3) is 0.610. The second-order valence-corrected chi connectivity index (χ2v) is 16.9. The molecular formula is C41H45CuN9O2. The summed E-state index contributed by atoms with van der Waals surface area (Å²) in [6.07, 6.45) is 15.2. The van der Waals surface area contributed by atoms with Gasteiger partial charge in [-0.2, -0.15) is 0 Å². The Labute approximate surface area is 319 Å². The molecule has 53 heavy (non-hydrogen) atoms. The van der Waals surface area contributed by atoms with Crippen molar-refractivity contribution < 1.29 is 26.7 Å². The number of imide groups is 1. The number of fused-ring (bicyclic) bond motifs is 21. The van der Waals surface area contributed by atoms with Crippen molar-refractivity contribution in [3.63, 3.8) is 0 Å². The van der Waals surface area contributed by atoms with Gasteiger partial charge in [-0.25, -0.2) is 0 Å². The van der Waals surface area contributed by atoms with E-state index in [1.54, 1.807) is 4.90 Å². The van der Waals surface area contributed by atoms with Gasteiger partial charge in [0.1, 0.15) is 0 Å². The molecule has 5 fully saturated rings. The number of nitrogens with zero attached hydrogens (tertiary/aromatic N) is 9. The first kappa shape index (κ1) is 33.8. The van der Waals surface area contributed by atoms with Gasteiger partial charge in [0.25, 0.3) is 0 Å². The van der Waals surface area contributed by atoms with Gasteiger partial charge in [-0.05, 0) is 98.0 Å². The summed E-state index contributed by atoms with van der Waals surface area (Å²) >= 11 is 0. The Balaban J connectivity index is 0.00000349. The summed E-state index contributed by atoms with van der Waals surface area (Å²) in [5.41, 5.74) is 1.35. The Bertz CT molecular complexity index is 2160. The number of hydrogen-bond acceptors (Lipinski definition) is 8. The van der Waals surface area contributed by atoms with Crippen molar-refractivity contribution in [3.05, 3.63) is 59.2 Å². The number of aromatic nitrogens is 8. The average molecular weight is 759 g/mol. The first-order valence-corrected chi connectivity index (χ1v) is 20.2. The molecule has 4 aliphatic heterocycles. The van der Waals surface area contributed by atoms with Crippen LogP contribution in [0, 0.1) is 17.8 Å². The molecule has 12 heteroatoms. The fourth-order valence-corrected chi connectivity index (χ4v) is 11.4. The maximum Gasteiger partial charge on any atom is 2.00 e. The summed E-state index contributed by atoms with van der Waals surface area (Å²) in [7, 11) is 0. The van der Waals surface area contributed by atoms with Crippen molar-refractivity contribution in [1.29, 1.82) is 0 Å². The topological polar surface area (TPSA) is 143 Å². The first-order valence-electron chi connectivity index (χ1n) is 20.2. The van der Waals surface area contributed by atoms with E-state index in [9.17, 15) is 9.59 Å². The number of rotatable bonds is 2. The molecule has 277 valence electrons. The molecular weight excluding hydrogens is 714 g/mol. The van der Waals surface area contributed by atoms with Gasteiger partial charge in [-0.1, -0.05) is 62.8 Å². The Morgan fingerprint density at radius 3 is 1.47 bits per heavy atom. The number of hydrogen-bond donors (Lipinski definition) is 0. The molecule has 11 nitrogen and oxygen atoms in total. The summed E-state index contributed by atoms with van der Waals surface area (Å²) in [6, 6.07) is 8.26. The number of amides is 2.